The predicted molar refractivity (Wildman–Crippen MR) is 42.6 cm³/mol. The largest absolute Gasteiger partial charge is 0.316 e. The molecule has 1 unspecified atom stereocenters. The van der Waals surface area contributed by atoms with Crippen molar-refractivity contribution in [2.45, 2.75) is 6.42 Å². The Morgan fingerprint density at radius 1 is 1.22 bits per heavy atom. The van der Waals surface area contributed by atoms with Gasteiger partial charge in [-0.05, 0) is 13.0 Å². The first kappa shape index (κ1) is 9.40. The van der Waals surface area contributed by atoms with Gasteiger partial charge in [0.15, 0.2) is 0 Å². The van der Waals surface area contributed by atoms with Gasteiger partial charge in [0, 0.05) is 28.9 Å². The van der Waals surface area contributed by atoms with E-state index < -0.39 is 10.8 Å². The van der Waals surface area contributed by atoms with Crippen molar-refractivity contribution >= 4 is 23.2 Å². The molecule has 0 radical (unpaired) electrons. The van der Waals surface area contributed by atoms with Gasteiger partial charge in [-0.2, -0.15) is 0 Å². The third kappa shape index (κ3) is 3.89. The second-order valence-corrected chi connectivity index (χ2v) is 3.65. The Kier molecular flexibility index (Phi) is 5.44. The van der Waals surface area contributed by atoms with Crippen molar-refractivity contribution in [1.82, 2.24) is 5.32 Å². The van der Waals surface area contributed by atoms with Crippen LogP contribution in [0.5, 0.6) is 0 Å². The van der Waals surface area contributed by atoms with Crippen LogP contribution in [-0.4, -0.2) is 28.8 Å². The number of hydrogen-bond donors (Lipinski definition) is 1. The normalized spacial score (nSPS) is 28.2. The van der Waals surface area contributed by atoms with Crippen LogP contribution < -0.4 is 5.32 Å². The smallest absolute Gasteiger partial charge is 0.0360 e. The molecule has 1 aliphatic rings. The molecule has 0 aromatic rings. The van der Waals surface area contributed by atoms with Crippen molar-refractivity contribution in [2.75, 3.05) is 24.6 Å². The Labute approximate surface area is 64.3 Å². The summed E-state index contributed by atoms with van der Waals surface area (Å²) < 4.78 is 10.8. The summed E-state index contributed by atoms with van der Waals surface area (Å²) in [5.74, 6) is 1.74. The van der Waals surface area contributed by atoms with Gasteiger partial charge in [0.05, 0.1) is 0 Å². The van der Waals surface area contributed by atoms with Crippen LogP contribution in [0.25, 0.3) is 0 Å². The summed E-state index contributed by atoms with van der Waals surface area (Å²) in [7, 11) is -0.520. The van der Waals surface area contributed by atoms with E-state index in [1.54, 1.807) is 0 Å². The second kappa shape index (κ2) is 5.21. The maximum Gasteiger partial charge on any atom is 0.0360 e. The molecule has 0 aromatic carbocycles. The highest BCUT2D eigenvalue weighted by Crippen LogP contribution is 1.89. The van der Waals surface area contributed by atoms with Crippen LogP contribution in [0.4, 0.5) is 0 Å². The molecule has 4 heteroatoms. The van der Waals surface area contributed by atoms with E-state index in [1.807, 2.05) is 0 Å². The van der Waals surface area contributed by atoms with Crippen molar-refractivity contribution in [3.05, 3.63) is 0 Å². The van der Waals surface area contributed by atoms with E-state index in [1.165, 1.54) is 0 Å². The fourth-order valence-electron chi connectivity index (χ4n) is 0.771. The monoisotopic (exact) mass is 169 g/mol. The molecule has 1 saturated heterocycles. The van der Waals surface area contributed by atoms with Gasteiger partial charge in [-0.3, -0.25) is 4.21 Å². The van der Waals surface area contributed by atoms with E-state index in [4.69, 9.17) is 0 Å². The lowest BCUT2D eigenvalue weighted by Crippen LogP contribution is -2.16. The Morgan fingerprint density at radius 2 is 2.00 bits per heavy atom. The summed E-state index contributed by atoms with van der Waals surface area (Å²) in [5, 5.41) is 3.18. The molecule has 56 valence electrons. The molecule has 1 atom stereocenters. The molecular weight excluding hydrogens is 158 g/mol. The fraction of sp³-hybridized carbons (Fsp3) is 1.00. The summed E-state index contributed by atoms with van der Waals surface area (Å²) >= 11 is 0. The molecule has 0 bridgehead atoms. The van der Waals surface area contributed by atoms with Gasteiger partial charge < -0.3 is 5.32 Å². The maximum atomic E-state index is 10.8. The van der Waals surface area contributed by atoms with E-state index in [0.29, 0.717) is 0 Å². The lowest BCUT2D eigenvalue weighted by molar-refractivity contribution is 0.683. The Hall–Kier alpha value is 0.400. The van der Waals surface area contributed by atoms with Gasteiger partial charge in [0.2, 0.25) is 0 Å². The van der Waals surface area contributed by atoms with Crippen LogP contribution in [0.15, 0.2) is 0 Å². The van der Waals surface area contributed by atoms with E-state index in [2.05, 4.69) is 5.32 Å². The summed E-state index contributed by atoms with van der Waals surface area (Å²) in [6.45, 7) is 1.98. The standard InChI is InChI=1S/C5H11NOS.ClH/c7-8-4-1-2-6-3-5-8;/h6H,1-5H2;1H. The highest BCUT2D eigenvalue weighted by atomic mass is 35.5. The fourth-order valence-corrected chi connectivity index (χ4v) is 1.81. The minimum Gasteiger partial charge on any atom is -0.316 e. The zero-order valence-electron chi connectivity index (χ0n) is 5.26. The van der Waals surface area contributed by atoms with E-state index in [9.17, 15) is 4.21 Å². The number of nitrogens with one attached hydrogen (secondary N) is 1. The summed E-state index contributed by atoms with van der Waals surface area (Å²) in [4.78, 5) is 0. The third-order valence-electron chi connectivity index (χ3n) is 1.23. The van der Waals surface area contributed by atoms with E-state index in [-0.39, 0.29) is 12.4 Å². The zero-order valence-corrected chi connectivity index (χ0v) is 6.89. The Morgan fingerprint density at radius 3 is 2.78 bits per heavy atom. The zero-order chi connectivity index (χ0) is 5.82. The van der Waals surface area contributed by atoms with E-state index >= 15 is 0 Å². The molecule has 9 heavy (non-hydrogen) atoms. The topological polar surface area (TPSA) is 29.1 Å². The SMILES string of the molecule is Cl.O=S1CCCNCC1. The quantitative estimate of drug-likeness (QED) is 0.560. The molecule has 1 fully saturated rings. The average Bonchev–Trinajstić information content (AvgIpc) is 1.94. The van der Waals surface area contributed by atoms with Crippen molar-refractivity contribution < 1.29 is 4.21 Å². The van der Waals surface area contributed by atoms with Crippen molar-refractivity contribution in [3.63, 3.8) is 0 Å². The number of hydrogen-bond acceptors (Lipinski definition) is 2. The van der Waals surface area contributed by atoms with Crippen LogP contribution in [0.1, 0.15) is 6.42 Å². The first-order valence-corrected chi connectivity index (χ1v) is 4.44. The predicted octanol–water partition coefficient (Wildman–Crippen LogP) is 0.150. The van der Waals surface area contributed by atoms with Crippen LogP contribution >= 0.6 is 12.4 Å². The van der Waals surface area contributed by atoms with Crippen LogP contribution in [0.3, 0.4) is 0 Å². The van der Waals surface area contributed by atoms with Crippen molar-refractivity contribution in [3.8, 4) is 0 Å². The highest BCUT2D eigenvalue weighted by molar-refractivity contribution is 7.85. The second-order valence-electron chi connectivity index (χ2n) is 1.95. The Balaban J connectivity index is 0.000000640. The summed E-state index contributed by atoms with van der Waals surface area (Å²) in [6.07, 6.45) is 1.08. The van der Waals surface area contributed by atoms with Gasteiger partial charge in [0.1, 0.15) is 0 Å². The van der Waals surface area contributed by atoms with Gasteiger partial charge in [-0.25, -0.2) is 0 Å². The minimum absolute atomic E-state index is 0. The van der Waals surface area contributed by atoms with Crippen LogP contribution in [0, 0.1) is 0 Å². The molecule has 0 saturated carbocycles. The number of halogens is 1. The maximum absolute atomic E-state index is 10.8. The first-order valence-electron chi connectivity index (χ1n) is 2.95. The van der Waals surface area contributed by atoms with Gasteiger partial charge in [-0.15, -0.1) is 12.4 Å². The third-order valence-corrected chi connectivity index (χ3v) is 2.64. The molecular formula is C5H12ClNOS. The highest BCUT2D eigenvalue weighted by Gasteiger charge is 2.02. The molecule has 0 aromatic heterocycles. The van der Waals surface area contributed by atoms with Gasteiger partial charge in [-0.1, -0.05) is 0 Å². The molecule has 0 amide bonds. The van der Waals surface area contributed by atoms with E-state index in [0.717, 1.165) is 31.0 Å². The van der Waals surface area contributed by atoms with Crippen molar-refractivity contribution in [1.29, 1.82) is 0 Å². The lowest BCUT2D eigenvalue weighted by Gasteiger charge is -1.91. The molecule has 1 rings (SSSR count). The molecule has 1 aliphatic heterocycles. The molecule has 0 aliphatic carbocycles. The molecule has 1 heterocycles. The summed E-state index contributed by atoms with van der Waals surface area (Å²) in [6, 6.07) is 0. The van der Waals surface area contributed by atoms with Crippen LogP contribution in [0.2, 0.25) is 0 Å². The summed E-state index contributed by atoms with van der Waals surface area (Å²) in [5.41, 5.74) is 0. The average molecular weight is 170 g/mol. The van der Waals surface area contributed by atoms with Crippen molar-refractivity contribution in [2.24, 2.45) is 0 Å². The van der Waals surface area contributed by atoms with Gasteiger partial charge >= 0.3 is 0 Å². The molecule has 1 N–H and O–H groups in total. The Bertz CT molecular complexity index is 89.0. The van der Waals surface area contributed by atoms with Gasteiger partial charge in [0.25, 0.3) is 0 Å². The molecule has 0 spiro atoms. The lowest BCUT2D eigenvalue weighted by atomic mass is 10.5. The minimum atomic E-state index is -0.520. The molecule has 2 nitrogen and oxygen atoms in total. The first-order chi connectivity index (χ1) is 3.89. The number of rotatable bonds is 0. The van der Waals surface area contributed by atoms with Crippen LogP contribution in [-0.2, 0) is 10.8 Å².